The van der Waals surface area contributed by atoms with E-state index in [1.54, 1.807) is 0 Å². The second kappa shape index (κ2) is 6.17. The van der Waals surface area contributed by atoms with Gasteiger partial charge >= 0.3 is 0 Å². The van der Waals surface area contributed by atoms with Gasteiger partial charge in [-0.1, -0.05) is 28.8 Å². The summed E-state index contributed by atoms with van der Waals surface area (Å²) in [6, 6.07) is 7.62. The Morgan fingerprint density at radius 2 is 2.00 bits per heavy atom. The second-order valence-corrected chi connectivity index (χ2v) is 5.27. The number of carbonyl (C=O) groups is 1. The van der Waals surface area contributed by atoms with Gasteiger partial charge in [-0.3, -0.25) is 4.79 Å². The van der Waals surface area contributed by atoms with Crippen LogP contribution in [0.2, 0.25) is 0 Å². The van der Waals surface area contributed by atoms with Crippen molar-refractivity contribution in [1.82, 2.24) is 5.32 Å². The third-order valence-electron chi connectivity index (χ3n) is 2.99. The average Bonchev–Trinajstić information content (AvgIpc) is 2.61. The van der Waals surface area contributed by atoms with Crippen molar-refractivity contribution in [2.75, 3.05) is 11.9 Å². The van der Waals surface area contributed by atoms with Gasteiger partial charge in [0.2, 0.25) is 5.91 Å². The zero-order valence-electron chi connectivity index (χ0n) is 9.71. The van der Waals surface area contributed by atoms with E-state index < -0.39 is 0 Å². The van der Waals surface area contributed by atoms with E-state index in [0.29, 0.717) is 0 Å². The number of carbonyl (C=O) groups excluding carboxylic acids is 1. The summed E-state index contributed by atoms with van der Waals surface area (Å²) in [5, 5.41) is 6.24. The summed E-state index contributed by atoms with van der Waals surface area (Å²) in [5.41, 5.74) is 0.851. The highest BCUT2D eigenvalue weighted by Gasteiger charge is 2.19. The van der Waals surface area contributed by atoms with E-state index in [4.69, 9.17) is 0 Å². The molecule has 1 atom stereocenters. The molecule has 17 heavy (non-hydrogen) atoms. The molecule has 1 aliphatic heterocycles. The molecule has 0 spiro atoms. The summed E-state index contributed by atoms with van der Waals surface area (Å²) < 4.78 is 1.02. The van der Waals surface area contributed by atoms with Crippen molar-refractivity contribution in [2.24, 2.45) is 0 Å². The summed E-state index contributed by atoms with van der Waals surface area (Å²) in [6.45, 7) is 0.943. The molecule has 92 valence electrons. The number of benzene rings is 1. The molecule has 2 rings (SSSR count). The first-order valence-electron chi connectivity index (χ1n) is 6.05. The first-order chi connectivity index (χ1) is 8.25. The van der Waals surface area contributed by atoms with Crippen LogP contribution in [0.4, 0.5) is 5.69 Å². The molecule has 1 aliphatic rings. The molecule has 0 radical (unpaired) electrons. The molecule has 1 heterocycles. The minimum Gasteiger partial charge on any atom is -0.325 e. The van der Waals surface area contributed by atoms with Crippen LogP contribution >= 0.6 is 15.9 Å². The summed E-state index contributed by atoms with van der Waals surface area (Å²) in [7, 11) is 0. The molecule has 0 aromatic heterocycles. The zero-order valence-corrected chi connectivity index (χ0v) is 11.3. The molecule has 0 saturated carbocycles. The lowest BCUT2D eigenvalue weighted by Gasteiger charge is -2.15. The molecule has 0 bridgehead atoms. The van der Waals surface area contributed by atoms with Gasteiger partial charge in [-0.25, -0.2) is 0 Å². The molecule has 1 amide bonds. The lowest BCUT2D eigenvalue weighted by atomic mass is 10.1. The Hall–Kier alpha value is -0.870. The lowest BCUT2D eigenvalue weighted by Crippen LogP contribution is -2.39. The van der Waals surface area contributed by atoms with Crippen molar-refractivity contribution < 1.29 is 4.79 Å². The number of halogens is 1. The monoisotopic (exact) mass is 296 g/mol. The van der Waals surface area contributed by atoms with Gasteiger partial charge in [0.15, 0.2) is 0 Å². The van der Waals surface area contributed by atoms with Crippen molar-refractivity contribution in [2.45, 2.75) is 31.7 Å². The van der Waals surface area contributed by atoms with Crippen molar-refractivity contribution in [3.8, 4) is 0 Å². The topological polar surface area (TPSA) is 41.1 Å². The molecule has 1 saturated heterocycles. The molecule has 1 aromatic carbocycles. The van der Waals surface area contributed by atoms with Crippen molar-refractivity contribution in [3.05, 3.63) is 28.7 Å². The van der Waals surface area contributed by atoms with Gasteiger partial charge in [0.05, 0.1) is 6.04 Å². The highest BCUT2D eigenvalue weighted by molar-refractivity contribution is 9.10. The summed E-state index contributed by atoms with van der Waals surface area (Å²) in [5.74, 6) is 0.0780. The predicted molar refractivity (Wildman–Crippen MR) is 73.0 cm³/mol. The fourth-order valence-electron chi connectivity index (χ4n) is 2.01. The van der Waals surface area contributed by atoms with E-state index in [9.17, 15) is 4.79 Å². The van der Waals surface area contributed by atoms with Gasteiger partial charge in [0, 0.05) is 10.2 Å². The minimum absolute atomic E-state index is 0.0406. The Kier molecular flexibility index (Phi) is 4.57. The number of hydrogen-bond donors (Lipinski definition) is 2. The summed E-state index contributed by atoms with van der Waals surface area (Å²) in [4.78, 5) is 12.0. The quantitative estimate of drug-likeness (QED) is 0.881. The van der Waals surface area contributed by atoms with E-state index in [1.807, 2.05) is 24.3 Å². The molecule has 3 nitrogen and oxygen atoms in total. The van der Waals surface area contributed by atoms with Crippen LogP contribution in [0.15, 0.2) is 28.7 Å². The van der Waals surface area contributed by atoms with Gasteiger partial charge in [-0.2, -0.15) is 0 Å². The van der Waals surface area contributed by atoms with Crippen LogP contribution in [0.5, 0.6) is 0 Å². The smallest absolute Gasteiger partial charge is 0.241 e. The molecule has 2 N–H and O–H groups in total. The van der Waals surface area contributed by atoms with Gasteiger partial charge in [-0.05, 0) is 43.7 Å². The third-order valence-corrected chi connectivity index (χ3v) is 3.52. The fraction of sp³-hybridized carbons (Fsp3) is 0.462. The number of amides is 1. The Bertz CT molecular complexity index is 370. The van der Waals surface area contributed by atoms with E-state index in [2.05, 4.69) is 26.6 Å². The van der Waals surface area contributed by atoms with Crippen molar-refractivity contribution >= 4 is 27.5 Å². The third kappa shape index (κ3) is 3.82. The van der Waals surface area contributed by atoms with E-state index in [0.717, 1.165) is 29.5 Å². The van der Waals surface area contributed by atoms with Crippen LogP contribution in [0.3, 0.4) is 0 Å². The maximum Gasteiger partial charge on any atom is 0.241 e. The molecule has 4 heteroatoms. The Morgan fingerprint density at radius 1 is 1.24 bits per heavy atom. The van der Waals surface area contributed by atoms with E-state index in [1.165, 1.54) is 12.8 Å². The van der Waals surface area contributed by atoms with E-state index in [-0.39, 0.29) is 11.9 Å². The highest BCUT2D eigenvalue weighted by atomic mass is 79.9. The maximum absolute atomic E-state index is 12.0. The first kappa shape index (κ1) is 12.6. The molecular formula is C13H17BrN2O. The van der Waals surface area contributed by atoms with Crippen LogP contribution in [-0.2, 0) is 4.79 Å². The summed E-state index contributed by atoms with van der Waals surface area (Å²) in [6.07, 6.45) is 4.45. The predicted octanol–water partition coefficient (Wildman–Crippen LogP) is 2.92. The normalized spacial score (nSPS) is 20.6. The van der Waals surface area contributed by atoms with Gasteiger partial charge in [0.1, 0.15) is 0 Å². The first-order valence-corrected chi connectivity index (χ1v) is 6.85. The van der Waals surface area contributed by atoms with Crippen molar-refractivity contribution in [1.29, 1.82) is 0 Å². The molecule has 0 aliphatic carbocycles. The Morgan fingerprint density at radius 3 is 2.76 bits per heavy atom. The summed E-state index contributed by atoms with van der Waals surface area (Å²) >= 11 is 3.37. The Labute approximate surface area is 110 Å². The van der Waals surface area contributed by atoms with E-state index >= 15 is 0 Å². The standard InChI is InChI=1S/C13H17BrN2O/c14-10-5-7-11(8-6-10)16-13(17)12-4-2-1-3-9-15-12/h5-8,12,15H,1-4,9H2,(H,16,17). The van der Waals surface area contributed by atoms with Crippen molar-refractivity contribution in [3.63, 3.8) is 0 Å². The Balaban J connectivity index is 1.93. The van der Waals surface area contributed by atoms with Crippen LogP contribution in [0.25, 0.3) is 0 Å². The molecular weight excluding hydrogens is 280 g/mol. The average molecular weight is 297 g/mol. The zero-order chi connectivity index (χ0) is 12.1. The molecule has 1 aromatic rings. The number of hydrogen-bond acceptors (Lipinski definition) is 2. The van der Waals surface area contributed by atoms with Crippen LogP contribution in [0, 0.1) is 0 Å². The van der Waals surface area contributed by atoms with Crippen LogP contribution < -0.4 is 10.6 Å². The van der Waals surface area contributed by atoms with Gasteiger partial charge in [-0.15, -0.1) is 0 Å². The molecule has 1 unspecified atom stereocenters. The van der Waals surface area contributed by atoms with Gasteiger partial charge < -0.3 is 10.6 Å². The fourth-order valence-corrected chi connectivity index (χ4v) is 2.28. The SMILES string of the molecule is O=C(Nc1ccc(Br)cc1)C1CCCCCN1. The number of rotatable bonds is 2. The molecule has 1 fully saturated rings. The van der Waals surface area contributed by atoms with Crippen LogP contribution in [0.1, 0.15) is 25.7 Å². The largest absolute Gasteiger partial charge is 0.325 e. The number of nitrogens with one attached hydrogen (secondary N) is 2. The minimum atomic E-state index is -0.0406. The highest BCUT2D eigenvalue weighted by Crippen LogP contribution is 2.15. The van der Waals surface area contributed by atoms with Gasteiger partial charge in [0.25, 0.3) is 0 Å². The maximum atomic E-state index is 12.0. The second-order valence-electron chi connectivity index (χ2n) is 4.35. The lowest BCUT2D eigenvalue weighted by molar-refractivity contribution is -0.118. The van der Waals surface area contributed by atoms with Crippen LogP contribution in [-0.4, -0.2) is 18.5 Å². The number of anilines is 1.